The van der Waals surface area contributed by atoms with E-state index in [1.807, 2.05) is 13.8 Å². The van der Waals surface area contributed by atoms with Crippen LogP contribution in [0.3, 0.4) is 0 Å². The quantitative estimate of drug-likeness (QED) is 0.814. The monoisotopic (exact) mass is 243 g/mol. The fourth-order valence-corrected chi connectivity index (χ4v) is 2.30. The molecule has 0 saturated heterocycles. The van der Waals surface area contributed by atoms with E-state index in [9.17, 15) is 4.79 Å². The lowest BCUT2D eigenvalue weighted by atomic mass is 10.0. The van der Waals surface area contributed by atoms with Gasteiger partial charge in [-0.25, -0.2) is 4.68 Å². The van der Waals surface area contributed by atoms with Gasteiger partial charge >= 0.3 is 0 Å². The molecule has 0 radical (unpaired) electrons. The molecule has 0 fully saturated rings. The number of rotatable bonds is 2. The van der Waals surface area contributed by atoms with Crippen LogP contribution in [0.25, 0.3) is 0 Å². The highest BCUT2D eigenvalue weighted by atomic mass is 16.2. The predicted octanol–water partition coefficient (Wildman–Crippen LogP) is 2.71. The molecule has 2 aromatic heterocycles. The molecule has 4 heteroatoms. The van der Waals surface area contributed by atoms with Crippen LogP contribution in [-0.2, 0) is 0 Å². The number of aryl methyl sites for hydroxylation is 1. The van der Waals surface area contributed by atoms with Crippen LogP contribution in [0.1, 0.15) is 47.1 Å². The van der Waals surface area contributed by atoms with Crippen molar-refractivity contribution < 1.29 is 4.79 Å². The summed E-state index contributed by atoms with van der Waals surface area (Å²) in [6.45, 7) is 8.10. The number of pyridine rings is 1. The first kappa shape index (κ1) is 12.5. The minimum atomic E-state index is -0.107. The van der Waals surface area contributed by atoms with Crippen molar-refractivity contribution >= 4 is 5.91 Å². The lowest BCUT2D eigenvalue weighted by Gasteiger charge is -2.06. The Bertz CT molecular complexity index is 570. The minimum absolute atomic E-state index is 0.107. The van der Waals surface area contributed by atoms with Crippen molar-refractivity contribution in [2.24, 2.45) is 0 Å². The van der Waals surface area contributed by atoms with Crippen molar-refractivity contribution in [2.45, 2.75) is 33.6 Å². The predicted molar refractivity (Wildman–Crippen MR) is 69.8 cm³/mol. The number of hydrogen-bond acceptors (Lipinski definition) is 3. The summed E-state index contributed by atoms with van der Waals surface area (Å²) >= 11 is 0. The molecule has 0 aromatic carbocycles. The van der Waals surface area contributed by atoms with Crippen LogP contribution < -0.4 is 0 Å². The van der Waals surface area contributed by atoms with E-state index in [0.717, 1.165) is 17.0 Å². The number of carbonyl (C=O) groups is 1. The van der Waals surface area contributed by atoms with Gasteiger partial charge in [-0.2, -0.15) is 5.10 Å². The fourth-order valence-electron chi connectivity index (χ4n) is 2.30. The first-order valence-electron chi connectivity index (χ1n) is 6.03. The van der Waals surface area contributed by atoms with Crippen LogP contribution in [0.2, 0.25) is 0 Å². The van der Waals surface area contributed by atoms with E-state index in [-0.39, 0.29) is 5.91 Å². The maximum atomic E-state index is 12.3. The largest absolute Gasteiger partial charge is 0.278 e. The standard InChI is InChI=1S/C14H17N3O/c1-9(2)13-10(3)16-17(11(13)4)14(18)12-5-7-15-8-6-12/h5-9H,1-4H3. The molecule has 0 saturated carbocycles. The zero-order chi connectivity index (χ0) is 13.3. The molecule has 2 heterocycles. The number of carbonyl (C=O) groups excluding carboxylic acids is 1. The van der Waals surface area contributed by atoms with Crippen LogP contribution in [-0.4, -0.2) is 20.7 Å². The van der Waals surface area contributed by atoms with Gasteiger partial charge in [0.2, 0.25) is 0 Å². The zero-order valence-corrected chi connectivity index (χ0v) is 11.1. The first-order chi connectivity index (χ1) is 8.52. The van der Waals surface area contributed by atoms with Crippen molar-refractivity contribution in [3.05, 3.63) is 47.0 Å². The van der Waals surface area contributed by atoms with Crippen molar-refractivity contribution in [1.29, 1.82) is 0 Å². The lowest BCUT2D eigenvalue weighted by Crippen LogP contribution is -2.15. The number of nitrogens with zero attached hydrogens (tertiary/aromatic N) is 3. The van der Waals surface area contributed by atoms with Crippen molar-refractivity contribution in [1.82, 2.24) is 14.8 Å². The summed E-state index contributed by atoms with van der Waals surface area (Å²) in [6.07, 6.45) is 3.23. The van der Waals surface area contributed by atoms with Gasteiger partial charge in [-0.1, -0.05) is 13.8 Å². The third kappa shape index (κ3) is 2.06. The van der Waals surface area contributed by atoms with Crippen LogP contribution >= 0.6 is 0 Å². The Kier molecular flexibility index (Phi) is 3.28. The fraction of sp³-hybridized carbons (Fsp3) is 0.357. The van der Waals surface area contributed by atoms with Crippen LogP contribution in [0, 0.1) is 13.8 Å². The molecule has 0 bridgehead atoms. The summed E-state index contributed by atoms with van der Waals surface area (Å²) in [4.78, 5) is 16.2. The molecule has 18 heavy (non-hydrogen) atoms. The molecule has 0 N–H and O–H groups in total. The average Bonchev–Trinajstić information content (AvgIpc) is 2.65. The second-order valence-corrected chi connectivity index (χ2v) is 4.69. The highest BCUT2D eigenvalue weighted by Gasteiger charge is 2.19. The molecule has 0 amide bonds. The molecule has 0 spiro atoms. The van der Waals surface area contributed by atoms with E-state index in [0.29, 0.717) is 11.5 Å². The van der Waals surface area contributed by atoms with E-state index in [1.54, 1.807) is 24.5 Å². The zero-order valence-electron chi connectivity index (χ0n) is 11.1. The Morgan fingerprint density at radius 1 is 1.22 bits per heavy atom. The van der Waals surface area contributed by atoms with Gasteiger partial charge in [0, 0.05) is 23.7 Å². The summed E-state index contributed by atoms with van der Waals surface area (Å²) in [5, 5.41) is 4.35. The first-order valence-corrected chi connectivity index (χ1v) is 6.03. The van der Waals surface area contributed by atoms with Crippen LogP contribution in [0.5, 0.6) is 0 Å². The van der Waals surface area contributed by atoms with Gasteiger partial charge in [0.15, 0.2) is 0 Å². The van der Waals surface area contributed by atoms with Crippen molar-refractivity contribution in [3.63, 3.8) is 0 Å². The normalized spacial score (nSPS) is 10.9. The molecule has 4 nitrogen and oxygen atoms in total. The van der Waals surface area contributed by atoms with Gasteiger partial charge in [-0.05, 0) is 37.5 Å². The van der Waals surface area contributed by atoms with E-state index in [1.165, 1.54) is 4.68 Å². The maximum Gasteiger partial charge on any atom is 0.278 e. The van der Waals surface area contributed by atoms with Crippen molar-refractivity contribution in [2.75, 3.05) is 0 Å². The van der Waals surface area contributed by atoms with E-state index in [4.69, 9.17) is 0 Å². The Hall–Kier alpha value is -1.97. The van der Waals surface area contributed by atoms with E-state index < -0.39 is 0 Å². The molecule has 2 aromatic rings. The molecule has 0 aliphatic carbocycles. The number of aromatic nitrogens is 3. The molecular formula is C14H17N3O. The van der Waals surface area contributed by atoms with E-state index >= 15 is 0 Å². The Morgan fingerprint density at radius 3 is 2.33 bits per heavy atom. The van der Waals surface area contributed by atoms with Crippen LogP contribution in [0.4, 0.5) is 0 Å². The summed E-state index contributed by atoms with van der Waals surface area (Å²) < 4.78 is 1.49. The van der Waals surface area contributed by atoms with Crippen LogP contribution in [0.15, 0.2) is 24.5 Å². The number of hydrogen-bond donors (Lipinski definition) is 0. The maximum absolute atomic E-state index is 12.3. The van der Waals surface area contributed by atoms with Gasteiger partial charge in [-0.3, -0.25) is 9.78 Å². The highest BCUT2D eigenvalue weighted by Crippen LogP contribution is 2.23. The second-order valence-electron chi connectivity index (χ2n) is 4.69. The van der Waals surface area contributed by atoms with E-state index in [2.05, 4.69) is 23.9 Å². The highest BCUT2D eigenvalue weighted by molar-refractivity contribution is 5.95. The third-order valence-electron chi connectivity index (χ3n) is 3.04. The Morgan fingerprint density at radius 2 is 1.83 bits per heavy atom. The summed E-state index contributed by atoms with van der Waals surface area (Å²) in [5.74, 6) is 0.258. The lowest BCUT2D eigenvalue weighted by molar-refractivity contribution is 0.0942. The Labute approximate surface area is 107 Å². The smallest absolute Gasteiger partial charge is 0.267 e. The molecular weight excluding hydrogens is 226 g/mol. The minimum Gasteiger partial charge on any atom is -0.267 e. The second kappa shape index (κ2) is 4.72. The molecule has 0 atom stereocenters. The molecule has 0 aliphatic heterocycles. The summed E-state index contributed by atoms with van der Waals surface area (Å²) in [5.41, 5.74) is 3.59. The molecule has 2 rings (SSSR count). The van der Waals surface area contributed by atoms with Gasteiger partial charge in [0.05, 0.1) is 5.69 Å². The molecule has 0 aliphatic rings. The topological polar surface area (TPSA) is 47.8 Å². The van der Waals surface area contributed by atoms with Gasteiger partial charge in [-0.15, -0.1) is 0 Å². The summed E-state index contributed by atoms with van der Waals surface area (Å²) in [7, 11) is 0. The van der Waals surface area contributed by atoms with Gasteiger partial charge in [0.25, 0.3) is 5.91 Å². The Balaban J connectivity index is 2.47. The van der Waals surface area contributed by atoms with Gasteiger partial charge < -0.3 is 0 Å². The summed E-state index contributed by atoms with van der Waals surface area (Å²) in [6, 6.07) is 3.40. The SMILES string of the molecule is Cc1nn(C(=O)c2ccncc2)c(C)c1C(C)C. The molecule has 0 unspecified atom stereocenters. The van der Waals surface area contributed by atoms with Crippen molar-refractivity contribution in [3.8, 4) is 0 Å². The van der Waals surface area contributed by atoms with Gasteiger partial charge in [0.1, 0.15) is 0 Å². The third-order valence-corrected chi connectivity index (χ3v) is 3.04. The molecule has 94 valence electrons. The average molecular weight is 243 g/mol.